The summed E-state index contributed by atoms with van der Waals surface area (Å²) in [6.45, 7) is 11.2. The summed E-state index contributed by atoms with van der Waals surface area (Å²) in [5.74, 6) is 2.74. The highest BCUT2D eigenvalue weighted by molar-refractivity contribution is 5.80. The van der Waals surface area contributed by atoms with E-state index in [1.165, 1.54) is 19.4 Å². The molecule has 2 aliphatic rings. The summed E-state index contributed by atoms with van der Waals surface area (Å²) >= 11 is 0. The molecule has 0 aromatic carbocycles. The van der Waals surface area contributed by atoms with Gasteiger partial charge in [0.1, 0.15) is 12.4 Å². The van der Waals surface area contributed by atoms with E-state index in [2.05, 4.69) is 32.7 Å². The first kappa shape index (κ1) is 21.5. The maximum absolute atomic E-state index is 12.0. The summed E-state index contributed by atoms with van der Waals surface area (Å²) in [4.78, 5) is 21.2. The number of aromatic nitrogens is 3. The molecule has 0 radical (unpaired) electrons. The number of nitrogens with zero attached hydrogens (tertiary/aromatic N) is 6. The van der Waals surface area contributed by atoms with Gasteiger partial charge in [-0.1, -0.05) is 13.8 Å². The van der Waals surface area contributed by atoms with E-state index in [0.29, 0.717) is 19.0 Å². The Morgan fingerprint density at radius 3 is 2.76 bits per heavy atom. The van der Waals surface area contributed by atoms with Crippen molar-refractivity contribution in [2.45, 2.75) is 65.1 Å². The number of hydrogen-bond donors (Lipinski definition) is 2. The van der Waals surface area contributed by atoms with Crippen molar-refractivity contribution in [2.24, 2.45) is 12.0 Å². The molecule has 2 atom stereocenters. The lowest BCUT2D eigenvalue weighted by molar-refractivity contribution is -0.129. The van der Waals surface area contributed by atoms with E-state index < -0.39 is 0 Å². The minimum Gasteiger partial charge on any atom is -0.355 e. The molecule has 2 N–H and O–H groups in total. The third-order valence-corrected chi connectivity index (χ3v) is 6.16. The van der Waals surface area contributed by atoms with Crippen LogP contribution < -0.4 is 10.6 Å². The van der Waals surface area contributed by atoms with Gasteiger partial charge in [-0.3, -0.25) is 9.69 Å². The van der Waals surface area contributed by atoms with Crippen LogP contribution in [-0.4, -0.2) is 81.2 Å². The van der Waals surface area contributed by atoms with E-state index in [4.69, 9.17) is 4.99 Å². The number of likely N-dealkylation sites (tertiary alicyclic amines) is 2. The quantitative estimate of drug-likeness (QED) is 0.512. The van der Waals surface area contributed by atoms with Crippen LogP contribution in [0.15, 0.2) is 4.99 Å². The van der Waals surface area contributed by atoms with Gasteiger partial charge in [0.25, 0.3) is 0 Å². The molecule has 1 amide bonds. The first-order valence-corrected chi connectivity index (χ1v) is 10.9. The molecule has 0 aliphatic carbocycles. The van der Waals surface area contributed by atoms with Crippen LogP contribution >= 0.6 is 0 Å². The SMILES string of the molecule is CCC(=O)N1CCC(NC(=NCc2nnc(C)n2C)NCC2CCCN2CC)C1. The Bertz CT molecular complexity index is 715. The summed E-state index contributed by atoms with van der Waals surface area (Å²) in [5.41, 5.74) is 0. The first-order chi connectivity index (χ1) is 14.0. The fourth-order valence-corrected chi connectivity index (χ4v) is 4.17. The maximum Gasteiger partial charge on any atom is 0.222 e. The van der Waals surface area contributed by atoms with E-state index in [0.717, 1.165) is 50.2 Å². The molecule has 1 aromatic rings. The molecule has 0 saturated carbocycles. The van der Waals surface area contributed by atoms with Crippen molar-refractivity contribution in [1.29, 1.82) is 0 Å². The van der Waals surface area contributed by atoms with Crippen LogP contribution in [0.3, 0.4) is 0 Å². The number of likely N-dealkylation sites (N-methyl/N-ethyl adjacent to an activating group) is 1. The van der Waals surface area contributed by atoms with Gasteiger partial charge in [-0.2, -0.15) is 0 Å². The Morgan fingerprint density at radius 2 is 2.07 bits per heavy atom. The average Bonchev–Trinajstić information content (AvgIpc) is 3.45. The Balaban J connectivity index is 1.63. The van der Waals surface area contributed by atoms with Crippen LogP contribution in [0.5, 0.6) is 0 Å². The van der Waals surface area contributed by atoms with Gasteiger partial charge in [0.2, 0.25) is 5.91 Å². The van der Waals surface area contributed by atoms with Crippen LogP contribution in [0, 0.1) is 6.92 Å². The van der Waals surface area contributed by atoms with E-state index in [1.54, 1.807) is 0 Å². The minimum atomic E-state index is 0.222. The summed E-state index contributed by atoms with van der Waals surface area (Å²) in [5, 5.41) is 15.4. The number of amides is 1. The number of carbonyl (C=O) groups excluding carboxylic acids is 1. The summed E-state index contributed by atoms with van der Waals surface area (Å²) < 4.78 is 1.97. The predicted molar refractivity (Wildman–Crippen MR) is 114 cm³/mol. The van der Waals surface area contributed by atoms with Gasteiger partial charge in [-0.25, -0.2) is 4.99 Å². The van der Waals surface area contributed by atoms with Crippen LogP contribution in [0.4, 0.5) is 0 Å². The van der Waals surface area contributed by atoms with E-state index in [1.807, 2.05) is 30.4 Å². The van der Waals surface area contributed by atoms with Crippen molar-refractivity contribution in [2.75, 3.05) is 32.7 Å². The van der Waals surface area contributed by atoms with Crippen molar-refractivity contribution in [3.8, 4) is 0 Å². The number of nitrogens with one attached hydrogen (secondary N) is 2. The second-order valence-corrected chi connectivity index (χ2v) is 8.02. The molecule has 3 rings (SSSR count). The summed E-state index contributed by atoms with van der Waals surface area (Å²) in [6, 6.07) is 0.773. The molecule has 2 fully saturated rings. The zero-order chi connectivity index (χ0) is 20.8. The molecule has 2 saturated heterocycles. The molecule has 0 bridgehead atoms. The number of hydrogen-bond acceptors (Lipinski definition) is 5. The lowest BCUT2D eigenvalue weighted by Gasteiger charge is -2.25. The fraction of sp³-hybridized carbons (Fsp3) is 0.800. The fourth-order valence-electron chi connectivity index (χ4n) is 4.17. The monoisotopic (exact) mass is 404 g/mol. The zero-order valence-electron chi connectivity index (χ0n) is 18.3. The van der Waals surface area contributed by atoms with Gasteiger partial charge in [0.15, 0.2) is 11.8 Å². The third kappa shape index (κ3) is 5.46. The highest BCUT2D eigenvalue weighted by atomic mass is 16.2. The van der Waals surface area contributed by atoms with E-state index >= 15 is 0 Å². The van der Waals surface area contributed by atoms with Gasteiger partial charge in [0.05, 0.1) is 0 Å². The minimum absolute atomic E-state index is 0.222. The lowest BCUT2D eigenvalue weighted by atomic mass is 10.2. The maximum atomic E-state index is 12.0. The molecular weight excluding hydrogens is 368 g/mol. The van der Waals surface area contributed by atoms with Gasteiger partial charge >= 0.3 is 0 Å². The Hall–Kier alpha value is -2.16. The molecule has 9 nitrogen and oxygen atoms in total. The van der Waals surface area contributed by atoms with Crippen LogP contribution in [0.25, 0.3) is 0 Å². The standard InChI is InChI=1S/C20H36N8O/c1-5-19(29)28-11-9-16(14-28)23-20(21-12-17-8-7-10-27(17)6-2)22-13-18-25-24-15(3)26(18)4/h16-17H,5-14H2,1-4H3,(H2,21,22,23). The van der Waals surface area contributed by atoms with Crippen molar-refractivity contribution in [1.82, 2.24) is 35.2 Å². The van der Waals surface area contributed by atoms with Gasteiger partial charge in [-0.15, -0.1) is 10.2 Å². The number of guanidine groups is 1. The van der Waals surface area contributed by atoms with Crippen LogP contribution in [0.2, 0.25) is 0 Å². The Morgan fingerprint density at radius 1 is 1.24 bits per heavy atom. The molecule has 1 aromatic heterocycles. The van der Waals surface area contributed by atoms with Gasteiger partial charge in [0, 0.05) is 45.2 Å². The second kappa shape index (κ2) is 10.0. The number of aliphatic imine (C=N–C) groups is 1. The average molecular weight is 405 g/mol. The molecule has 162 valence electrons. The third-order valence-electron chi connectivity index (χ3n) is 6.16. The highest BCUT2D eigenvalue weighted by Gasteiger charge is 2.27. The van der Waals surface area contributed by atoms with Crippen molar-refractivity contribution < 1.29 is 4.79 Å². The van der Waals surface area contributed by atoms with Crippen molar-refractivity contribution >= 4 is 11.9 Å². The van der Waals surface area contributed by atoms with E-state index in [-0.39, 0.29) is 11.9 Å². The number of aryl methyl sites for hydroxylation is 1. The molecule has 9 heteroatoms. The van der Waals surface area contributed by atoms with Gasteiger partial charge < -0.3 is 20.1 Å². The molecule has 2 unspecified atom stereocenters. The Labute approximate surface area is 173 Å². The van der Waals surface area contributed by atoms with Gasteiger partial charge in [-0.05, 0) is 39.3 Å². The number of carbonyl (C=O) groups is 1. The van der Waals surface area contributed by atoms with Crippen molar-refractivity contribution in [3.05, 3.63) is 11.6 Å². The second-order valence-electron chi connectivity index (χ2n) is 8.02. The predicted octanol–water partition coefficient (Wildman–Crippen LogP) is 0.654. The molecule has 29 heavy (non-hydrogen) atoms. The van der Waals surface area contributed by atoms with Crippen LogP contribution in [0.1, 0.15) is 51.2 Å². The van der Waals surface area contributed by atoms with E-state index in [9.17, 15) is 4.79 Å². The molecule has 0 spiro atoms. The smallest absolute Gasteiger partial charge is 0.222 e. The largest absolute Gasteiger partial charge is 0.355 e. The zero-order valence-corrected chi connectivity index (χ0v) is 18.3. The Kier molecular flexibility index (Phi) is 7.46. The van der Waals surface area contributed by atoms with Crippen molar-refractivity contribution in [3.63, 3.8) is 0 Å². The molecular formula is C20H36N8O. The summed E-state index contributed by atoms with van der Waals surface area (Å²) in [6.07, 6.45) is 3.99. The lowest BCUT2D eigenvalue weighted by Crippen LogP contribution is -2.48. The van der Waals surface area contributed by atoms with Crippen LogP contribution in [-0.2, 0) is 18.4 Å². The normalized spacial score (nSPS) is 23.0. The molecule has 2 aliphatic heterocycles. The number of rotatable bonds is 7. The highest BCUT2D eigenvalue weighted by Crippen LogP contribution is 2.16. The molecule has 3 heterocycles. The topological polar surface area (TPSA) is 90.7 Å². The summed E-state index contributed by atoms with van der Waals surface area (Å²) in [7, 11) is 1.96. The first-order valence-electron chi connectivity index (χ1n) is 10.9.